The molecule has 2 N–H and O–H groups in total. The topological polar surface area (TPSA) is 92.7 Å². The average Bonchev–Trinajstić information content (AvgIpc) is 2.69. The van der Waals surface area contributed by atoms with Crippen LogP contribution in [0.15, 0.2) is 47.4 Å². The number of carbonyl (C=O) groups is 2. The van der Waals surface area contributed by atoms with Crippen LogP contribution < -0.4 is 20.9 Å². The van der Waals surface area contributed by atoms with Gasteiger partial charge in [0.2, 0.25) is 5.56 Å². The number of urea groups is 1. The van der Waals surface area contributed by atoms with Crippen LogP contribution in [0.2, 0.25) is 0 Å². The largest absolute Gasteiger partial charge is 0.497 e. The van der Waals surface area contributed by atoms with Gasteiger partial charge in [-0.05, 0) is 36.6 Å². The van der Waals surface area contributed by atoms with Crippen LogP contribution in [0, 0.1) is 5.41 Å². The molecule has 2 aliphatic rings. The van der Waals surface area contributed by atoms with Crippen LogP contribution in [-0.2, 0) is 13.6 Å². The monoisotopic (exact) mass is 410 g/mol. The minimum absolute atomic E-state index is 0.0510. The first-order valence-corrected chi connectivity index (χ1v) is 10.0. The van der Waals surface area contributed by atoms with Gasteiger partial charge in [-0.25, -0.2) is 4.79 Å². The van der Waals surface area contributed by atoms with Gasteiger partial charge in [0.1, 0.15) is 5.75 Å². The highest BCUT2D eigenvalue weighted by molar-refractivity contribution is 5.94. The standard InChI is InChI=1S/C22H26N4O4/c1-25-12-16(5-8-19(25)27)20(28)26-13-22(14-26)9-17(10-22)24-21(29)23-11-15-3-6-18(30-2)7-4-15/h3-8,12,17H,9-11,13-14H2,1-2H3,(H2,23,24,29). The highest BCUT2D eigenvalue weighted by atomic mass is 16.5. The normalized spacial score (nSPS) is 17.1. The number of nitrogens with zero attached hydrogens (tertiary/aromatic N) is 2. The van der Waals surface area contributed by atoms with E-state index in [0.29, 0.717) is 25.2 Å². The second-order valence-corrected chi connectivity index (χ2v) is 8.31. The number of benzene rings is 1. The van der Waals surface area contributed by atoms with Crippen molar-refractivity contribution in [3.63, 3.8) is 0 Å². The summed E-state index contributed by atoms with van der Waals surface area (Å²) >= 11 is 0. The van der Waals surface area contributed by atoms with Crippen LogP contribution in [0.4, 0.5) is 4.79 Å². The zero-order valence-electron chi connectivity index (χ0n) is 17.2. The number of likely N-dealkylation sites (tertiary alicyclic amines) is 1. The zero-order chi connectivity index (χ0) is 21.3. The number of methoxy groups -OCH3 is 1. The van der Waals surface area contributed by atoms with E-state index < -0.39 is 0 Å². The third-order valence-corrected chi connectivity index (χ3v) is 5.98. The molecule has 158 valence electrons. The second kappa shape index (κ2) is 7.85. The molecule has 1 aromatic heterocycles. The van der Waals surface area contributed by atoms with Crippen molar-refractivity contribution in [2.45, 2.75) is 25.4 Å². The molecule has 1 aliphatic carbocycles. The average molecular weight is 410 g/mol. The quantitative estimate of drug-likeness (QED) is 0.781. The molecule has 1 saturated carbocycles. The number of aromatic nitrogens is 1. The first-order valence-electron chi connectivity index (χ1n) is 10.0. The highest BCUT2D eigenvalue weighted by Crippen LogP contribution is 2.48. The number of nitrogens with one attached hydrogen (secondary N) is 2. The van der Waals surface area contributed by atoms with Crippen LogP contribution >= 0.6 is 0 Å². The van der Waals surface area contributed by atoms with Gasteiger partial charge in [-0.1, -0.05) is 12.1 Å². The molecular weight excluding hydrogens is 384 g/mol. The predicted octanol–water partition coefficient (Wildman–Crippen LogP) is 1.50. The summed E-state index contributed by atoms with van der Waals surface area (Å²) in [4.78, 5) is 38.0. The van der Waals surface area contributed by atoms with Gasteiger partial charge in [0.05, 0.1) is 12.7 Å². The summed E-state index contributed by atoms with van der Waals surface area (Å²) in [5.74, 6) is 0.733. The lowest BCUT2D eigenvalue weighted by molar-refractivity contribution is -0.0585. The lowest BCUT2D eigenvalue weighted by atomic mass is 9.60. The third-order valence-electron chi connectivity index (χ3n) is 5.98. The molecule has 30 heavy (non-hydrogen) atoms. The number of rotatable bonds is 5. The van der Waals surface area contributed by atoms with Gasteiger partial charge in [0.25, 0.3) is 5.91 Å². The molecule has 1 saturated heterocycles. The maximum absolute atomic E-state index is 12.6. The summed E-state index contributed by atoms with van der Waals surface area (Å²) in [6.45, 7) is 1.84. The molecule has 0 radical (unpaired) electrons. The Labute approximate surface area is 174 Å². The number of carbonyl (C=O) groups excluding carboxylic acids is 2. The van der Waals surface area contributed by atoms with Crippen LogP contribution in [0.3, 0.4) is 0 Å². The van der Waals surface area contributed by atoms with E-state index >= 15 is 0 Å². The van der Waals surface area contributed by atoms with Gasteiger partial charge >= 0.3 is 6.03 Å². The Balaban J connectivity index is 1.19. The van der Waals surface area contributed by atoms with Gasteiger partial charge in [0.15, 0.2) is 0 Å². The Kier molecular flexibility index (Phi) is 5.24. The first kappa shape index (κ1) is 20.0. The molecule has 3 amide bonds. The lowest BCUT2D eigenvalue weighted by Crippen LogP contribution is -2.68. The van der Waals surface area contributed by atoms with Crippen LogP contribution in [-0.4, -0.2) is 47.6 Å². The van der Waals surface area contributed by atoms with Gasteiger partial charge < -0.3 is 24.8 Å². The number of hydrogen-bond donors (Lipinski definition) is 2. The van der Waals surface area contributed by atoms with Crippen molar-refractivity contribution in [1.29, 1.82) is 0 Å². The molecule has 1 aromatic carbocycles. The van der Waals surface area contributed by atoms with Crippen LogP contribution in [0.5, 0.6) is 5.75 Å². The second-order valence-electron chi connectivity index (χ2n) is 8.31. The number of aryl methyl sites for hydroxylation is 1. The predicted molar refractivity (Wildman–Crippen MR) is 111 cm³/mol. The Bertz CT molecular complexity index is 1000. The third kappa shape index (κ3) is 4.03. The van der Waals surface area contributed by atoms with E-state index in [4.69, 9.17) is 4.74 Å². The fourth-order valence-electron chi connectivity index (χ4n) is 4.32. The van der Waals surface area contributed by atoms with Gasteiger partial charge in [-0.3, -0.25) is 9.59 Å². The van der Waals surface area contributed by atoms with E-state index in [2.05, 4.69) is 10.6 Å². The molecule has 2 heterocycles. The fraction of sp³-hybridized carbons (Fsp3) is 0.409. The molecule has 0 atom stereocenters. The highest BCUT2D eigenvalue weighted by Gasteiger charge is 2.54. The van der Waals surface area contributed by atoms with E-state index in [-0.39, 0.29) is 29.0 Å². The van der Waals surface area contributed by atoms with Crippen molar-refractivity contribution in [3.8, 4) is 5.75 Å². The Morgan fingerprint density at radius 3 is 2.47 bits per heavy atom. The minimum Gasteiger partial charge on any atom is -0.497 e. The van der Waals surface area contributed by atoms with E-state index in [1.54, 1.807) is 31.3 Å². The zero-order valence-corrected chi connectivity index (χ0v) is 17.2. The molecule has 2 fully saturated rings. The van der Waals surface area contributed by atoms with E-state index in [0.717, 1.165) is 24.2 Å². The van der Waals surface area contributed by atoms with Crippen molar-refractivity contribution in [1.82, 2.24) is 20.1 Å². The minimum atomic E-state index is -0.178. The molecule has 4 rings (SSSR count). The molecule has 8 heteroatoms. The fourth-order valence-corrected chi connectivity index (χ4v) is 4.32. The first-order chi connectivity index (χ1) is 14.4. The van der Waals surface area contributed by atoms with Gasteiger partial charge in [0, 0.05) is 50.4 Å². The molecule has 1 spiro atoms. The van der Waals surface area contributed by atoms with E-state index in [9.17, 15) is 14.4 Å². The van der Waals surface area contributed by atoms with Crippen molar-refractivity contribution in [3.05, 3.63) is 64.1 Å². The molecule has 0 bridgehead atoms. The van der Waals surface area contributed by atoms with Gasteiger partial charge in [-0.2, -0.15) is 0 Å². The maximum atomic E-state index is 12.6. The summed E-state index contributed by atoms with van der Waals surface area (Å²) in [7, 11) is 3.26. The summed E-state index contributed by atoms with van der Waals surface area (Å²) in [5.41, 5.74) is 1.51. The SMILES string of the molecule is COc1ccc(CNC(=O)NC2CC3(C2)CN(C(=O)c2ccc(=O)n(C)c2)C3)cc1. The Morgan fingerprint density at radius 1 is 1.13 bits per heavy atom. The van der Waals surface area contributed by atoms with Crippen LogP contribution in [0.1, 0.15) is 28.8 Å². The van der Waals surface area contributed by atoms with Crippen LogP contribution in [0.25, 0.3) is 0 Å². The number of ether oxygens (including phenoxy) is 1. The summed E-state index contributed by atoms with van der Waals surface area (Å²) in [5, 5.41) is 5.88. The Hall–Kier alpha value is -3.29. The van der Waals surface area contributed by atoms with Crippen molar-refractivity contribution in [2.24, 2.45) is 12.5 Å². The summed E-state index contributed by atoms with van der Waals surface area (Å²) < 4.78 is 6.54. The number of hydrogen-bond acceptors (Lipinski definition) is 4. The summed E-state index contributed by atoms with van der Waals surface area (Å²) in [6, 6.07) is 10.5. The Morgan fingerprint density at radius 2 is 1.83 bits per heavy atom. The molecule has 2 aromatic rings. The molecule has 8 nitrogen and oxygen atoms in total. The molecule has 0 unspecified atom stereocenters. The summed E-state index contributed by atoms with van der Waals surface area (Å²) in [6.07, 6.45) is 3.33. The van der Waals surface area contributed by atoms with Crippen molar-refractivity contribution in [2.75, 3.05) is 20.2 Å². The van der Waals surface area contributed by atoms with Crippen molar-refractivity contribution < 1.29 is 14.3 Å². The number of pyridine rings is 1. The molecule has 1 aliphatic heterocycles. The number of amides is 3. The van der Waals surface area contributed by atoms with E-state index in [1.807, 2.05) is 24.3 Å². The van der Waals surface area contributed by atoms with Crippen molar-refractivity contribution >= 4 is 11.9 Å². The lowest BCUT2D eigenvalue weighted by Gasteiger charge is -2.59. The smallest absolute Gasteiger partial charge is 0.315 e. The molecular formula is C22H26N4O4. The van der Waals surface area contributed by atoms with E-state index in [1.165, 1.54) is 10.6 Å². The maximum Gasteiger partial charge on any atom is 0.315 e. The van der Waals surface area contributed by atoms with Gasteiger partial charge in [-0.15, -0.1) is 0 Å².